The minimum absolute atomic E-state index is 0.179. The monoisotopic (exact) mass is 303 g/mol. The molecule has 0 bridgehead atoms. The largest absolute Gasteiger partial charge is 0.481 e. The molecule has 0 saturated carbocycles. The predicted molar refractivity (Wildman–Crippen MR) is 82.3 cm³/mol. The number of methoxy groups -OCH3 is 1. The Morgan fingerprint density at radius 3 is 2.91 bits per heavy atom. The number of aryl methyl sites for hydroxylation is 2. The first-order chi connectivity index (χ1) is 10.6. The van der Waals surface area contributed by atoms with Gasteiger partial charge in [-0.2, -0.15) is 5.10 Å². The lowest BCUT2D eigenvalue weighted by atomic mass is 10.1. The van der Waals surface area contributed by atoms with Gasteiger partial charge in [0.2, 0.25) is 12.7 Å². The van der Waals surface area contributed by atoms with E-state index >= 15 is 0 Å². The van der Waals surface area contributed by atoms with Crippen LogP contribution in [0.1, 0.15) is 29.8 Å². The van der Waals surface area contributed by atoms with Crippen molar-refractivity contribution in [1.82, 2.24) is 15.1 Å². The van der Waals surface area contributed by atoms with Gasteiger partial charge in [0.1, 0.15) is 0 Å². The predicted octanol–water partition coefficient (Wildman–Crippen LogP) is 2.32. The van der Waals surface area contributed by atoms with Crippen LogP contribution in [0.25, 0.3) is 0 Å². The van der Waals surface area contributed by atoms with Crippen molar-refractivity contribution in [3.05, 3.63) is 35.0 Å². The Bertz CT molecular complexity index is 682. The molecule has 1 aromatic heterocycles. The van der Waals surface area contributed by atoms with E-state index in [1.165, 1.54) is 0 Å². The van der Waals surface area contributed by atoms with Gasteiger partial charge in [0.15, 0.2) is 11.5 Å². The molecular weight excluding hydrogens is 282 g/mol. The first-order valence-corrected chi connectivity index (χ1v) is 7.29. The van der Waals surface area contributed by atoms with E-state index in [1.54, 1.807) is 11.8 Å². The van der Waals surface area contributed by atoms with Crippen molar-refractivity contribution >= 4 is 0 Å². The van der Waals surface area contributed by atoms with Crippen molar-refractivity contribution in [2.75, 3.05) is 13.9 Å². The number of fused-ring (bicyclic) bond motifs is 1. The average molecular weight is 303 g/mol. The molecule has 0 saturated heterocycles. The number of nitrogens with one attached hydrogen (secondary N) is 1. The Labute approximate surface area is 130 Å². The molecule has 1 aromatic carbocycles. The lowest BCUT2D eigenvalue weighted by Gasteiger charge is -2.15. The molecule has 0 radical (unpaired) electrons. The van der Waals surface area contributed by atoms with Crippen LogP contribution >= 0.6 is 0 Å². The number of aromatic nitrogens is 2. The minimum atomic E-state index is 0.179. The van der Waals surface area contributed by atoms with Crippen molar-refractivity contribution in [3.8, 4) is 17.4 Å². The van der Waals surface area contributed by atoms with E-state index < -0.39 is 0 Å². The summed E-state index contributed by atoms with van der Waals surface area (Å²) in [4.78, 5) is 0. The molecule has 0 unspecified atom stereocenters. The van der Waals surface area contributed by atoms with Gasteiger partial charge in [-0.25, -0.2) is 4.68 Å². The third-order valence-corrected chi connectivity index (χ3v) is 3.96. The highest BCUT2D eigenvalue weighted by molar-refractivity contribution is 5.45. The maximum atomic E-state index is 5.43. The lowest BCUT2D eigenvalue weighted by molar-refractivity contribution is 0.174. The number of benzene rings is 1. The summed E-state index contributed by atoms with van der Waals surface area (Å²) < 4.78 is 17.9. The molecule has 0 aliphatic carbocycles. The van der Waals surface area contributed by atoms with Crippen LogP contribution in [0.3, 0.4) is 0 Å². The number of hydrogen-bond acceptors (Lipinski definition) is 5. The third-order valence-electron chi connectivity index (χ3n) is 3.96. The maximum absolute atomic E-state index is 5.43. The Kier molecular flexibility index (Phi) is 3.94. The molecule has 6 nitrogen and oxygen atoms in total. The molecule has 0 fully saturated rings. The zero-order chi connectivity index (χ0) is 15.7. The Balaban J connectivity index is 1.71. The Morgan fingerprint density at radius 1 is 1.36 bits per heavy atom. The zero-order valence-electron chi connectivity index (χ0n) is 13.3. The smallest absolute Gasteiger partial charge is 0.231 e. The molecule has 1 aliphatic rings. The van der Waals surface area contributed by atoms with Crippen LogP contribution in [0.4, 0.5) is 0 Å². The quantitative estimate of drug-likeness (QED) is 0.918. The van der Waals surface area contributed by atoms with Gasteiger partial charge in [0.05, 0.1) is 18.4 Å². The Hall–Kier alpha value is -2.21. The molecule has 1 atom stereocenters. The van der Waals surface area contributed by atoms with Gasteiger partial charge in [-0.1, -0.05) is 6.07 Å². The maximum Gasteiger partial charge on any atom is 0.231 e. The van der Waals surface area contributed by atoms with Crippen LogP contribution in [-0.4, -0.2) is 23.7 Å². The van der Waals surface area contributed by atoms with E-state index in [1.807, 2.05) is 26.1 Å². The molecule has 0 amide bonds. The molecule has 1 N–H and O–H groups in total. The van der Waals surface area contributed by atoms with Crippen molar-refractivity contribution in [1.29, 1.82) is 0 Å². The molecule has 1 aliphatic heterocycles. The zero-order valence-corrected chi connectivity index (χ0v) is 13.3. The first-order valence-electron chi connectivity index (χ1n) is 7.29. The second kappa shape index (κ2) is 5.88. The molecule has 6 heteroatoms. The SMILES string of the molecule is COc1c(CN[C@H](C)c2ccc3c(c2)OCO3)c(C)nn1C. The van der Waals surface area contributed by atoms with Gasteiger partial charge in [0, 0.05) is 19.6 Å². The number of rotatable bonds is 5. The van der Waals surface area contributed by atoms with Gasteiger partial charge in [-0.3, -0.25) is 0 Å². The van der Waals surface area contributed by atoms with E-state index in [9.17, 15) is 0 Å². The van der Waals surface area contributed by atoms with Crippen LogP contribution in [-0.2, 0) is 13.6 Å². The van der Waals surface area contributed by atoms with Gasteiger partial charge >= 0.3 is 0 Å². The number of ether oxygens (including phenoxy) is 3. The first kappa shape index (κ1) is 14.7. The van der Waals surface area contributed by atoms with Crippen LogP contribution in [0.15, 0.2) is 18.2 Å². The summed E-state index contributed by atoms with van der Waals surface area (Å²) in [5.41, 5.74) is 3.21. The van der Waals surface area contributed by atoms with Gasteiger partial charge < -0.3 is 19.5 Å². The van der Waals surface area contributed by atoms with Crippen molar-refractivity contribution < 1.29 is 14.2 Å². The summed E-state index contributed by atoms with van der Waals surface area (Å²) in [6.07, 6.45) is 0. The van der Waals surface area contributed by atoms with E-state index in [4.69, 9.17) is 14.2 Å². The normalized spacial score (nSPS) is 14.2. The number of hydrogen-bond donors (Lipinski definition) is 1. The van der Waals surface area contributed by atoms with Crippen molar-refractivity contribution in [2.45, 2.75) is 26.4 Å². The molecule has 0 spiro atoms. The van der Waals surface area contributed by atoms with E-state index in [0.717, 1.165) is 34.2 Å². The van der Waals surface area contributed by atoms with Crippen LogP contribution < -0.4 is 19.5 Å². The summed E-state index contributed by atoms with van der Waals surface area (Å²) in [6.45, 7) is 5.10. The second-order valence-corrected chi connectivity index (χ2v) is 5.41. The summed E-state index contributed by atoms with van der Waals surface area (Å²) in [5, 5.41) is 7.90. The highest BCUT2D eigenvalue weighted by atomic mass is 16.7. The highest BCUT2D eigenvalue weighted by Crippen LogP contribution is 2.34. The summed E-state index contributed by atoms with van der Waals surface area (Å²) in [7, 11) is 3.55. The van der Waals surface area contributed by atoms with E-state index in [2.05, 4.69) is 23.4 Å². The van der Waals surface area contributed by atoms with Crippen LogP contribution in [0.5, 0.6) is 17.4 Å². The Morgan fingerprint density at radius 2 is 2.14 bits per heavy atom. The molecule has 2 aromatic rings. The second-order valence-electron chi connectivity index (χ2n) is 5.41. The highest BCUT2D eigenvalue weighted by Gasteiger charge is 2.17. The van der Waals surface area contributed by atoms with Gasteiger partial charge in [-0.05, 0) is 31.5 Å². The molecule has 22 heavy (non-hydrogen) atoms. The van der Waals surface area contributed by atoms with Crippen molar-refractivity contribution in [2.24, 2.45) is 7.05 Å². The van der Waals surface area contributed by atoms with Crippen LogP contribution in [0.2, 0.25) is 0 Å². The fourth-order valence-electron chi connectivity index (χ4n) is 2.70. The summed E-state index contributed by atoms with van der Waals surface area (Å²) >= 11 is 0. The third kappa shape index (κ3) is 2.62. The summed E-state index contributed by atoms with van der Waals surface area (Å²) in [6, 6.07) is 6.20. The fourth-order valence-corrected chi connectivity index (χ4v) is 2.70. The molecule has 2 heterocycles. The fraction of sp³-hybridized carbons (Fsp3) is 0.438. The van der Waals surface area contributed by atoms with Gasteiger partial charge in [0.25, 0.3) is 0 Å². The topological polar surface area (TPSA) is 57.5 Å². The standard InChI is InChI=1S/C16H21N3O3/c1-10(12-5-6-14-15(7-12)22-9-21-14)17-8-13-11(2)18-19(3)16(13)20-4/h5-7,10,17H,8-9H2,1-4H3/t10-/m1/s1. The minimum Gasteiger partial charge on any atom is -0.481 e. The molecular formula is C16H21N3O3. The lowest BCUT2D eigenvalue weighted by Crippen LogP contribution is -2.18. The summed E-state index contributed by atoms with van der Waals surface area (Å²) in [5.74, 6) is 2.41. The molecule has 3 rings (SSSR count). The van der Waals surface area contributed by atoms with E-state index in [-0.39, 0.29) is 6.04 Å². The number of nitrogens with zero attached hydrogens (tertiary/aromatic N) is 2. The van der Waals surface area contributed by atoms with E-state index in [0.29, 0.717) is 13.3 Å². The average Bonchev–Trinajstić information content (AvgIpc) is 3.07. The van der Waals surface area contributed by atoms with Crippen molar-refractivity contribution in [3.63, 3.8) is 0 Å². The van der Waals surface area contributed by atoms with Crippen LogP contribution in [0, 0.1) is 6.92 Å². The molecule has 118 valence electrons. The van der Waals surface area contributed by atoms with Gasteiger partial charge in [-0.15, -0.1) is 0 Å².